The third kappa shape index (κ3) is 2.98. The summed E-state index contributed by atoms with van der Waals surface area (Å²) in [5.74, 6) is -0.755. The minimum atomic E-state index is -4.69. The molecule has 0 fully saturated rings. The van der Waals surface area contributed by atoms with E-state index in [1.807, 2.05) is 0 Å². The van der Waals surface area contributed by atoms with Crippen molar-refractivity contribution in [2.75, 3.05) is 12.4 Å². The van der Waals surface area contributed by atoms with E-state index in [1.54, 1.807) is 0 Å². The van der Waals surface area contributed by atoms with Crippen LogP contribution in [0, 0.1) is 6.92 Å². The van der Waals surface area contributed by atoms with Crippen LogP contribution in [-0.2, 0) is 11.0 Å². The van der Waals surface area contributed by atoms with Crippen molar-refractivity contribution in [3.8, 4) is 0 Å². The second kappa shape index (κ2) is 5.48. The van der Waals surface area contributed by atoms with Gasteiger partial charge in [-0.3, -0.25) is 9.59 Å². The largest absolute Gasteiger partial charge is 0.417 e. The third-order valence-corrected chi connectivity index (χ3v) is 2.97. The van der Waals surface area contributed by atoms with E-state index in [0.717, 1.165) is 0 Å². The standard InChI is InChI=1S/C11H10ClF3N2O2/c1-5-8(12)7(11(13,14)15)3-6(10(19)16-2)9(5)17-4-18/h3-4H,1-2H3,(H,16,19)(H,17,18). The van der Waals surface area contributed by atoms with Crippen molar-refractivity contribution in [1.29, 1.82) is 0 Å². The van der Waals surface area contributed by atoms with Crippen LogP contribution in [0.2, 0.25) is 5.02 Å². The van der Waals surface area contributed by atoms with Crippen molar-refractivity contribution >= 4 is 29.6 Å². The Morgan fingerprint density at radius 2 is 2.00 bits per heavy atom. The predicted molar refractivity (Wildman–Crippen MR) is 64.3 cm³/mol. The van der Waals surface area contributed by atoms with Crippen molar-refractivity contribution in [2.45, 2.75) is 13.1 Å². The molecule has 0 aliphatic rings. The highest BCUT2D eigenvalue weighted by Crippen LogP contribution is 2.40. The van der Waals surface area contributed by atoms with E-state index in [4.69, 9.17) is 11.6 Å². The average molecular weight is 295 g/mol. The zero-order valence-electron chi connectivity index (χ0n) is 9.98. The lowest BCUT2D eigenvalue weighted by Gasteiger charge is -2.17. The number of anilines is 1. The summed E-state index contributed by atoms with van der Waals surface area (Å²) in [4.78, 5) is 22.0. The molecule has 0 spiro atoms. The van der Waals surface area contributed by atoms with Crippen LogP contribution in [0.25, 0.3) is 0 Å². The number of amides is 2. The molecule has 1 rings (SSSR count). The van der Waals surface area contributed by atoms with E-state index in [-0.39, 0.29) is 23.2 Å². The molecular weight excluding hydrogens is 285 g/mol. The van der Waals surface area contributed by atoms with Crippen LogP contribution in [0.5, 0.6) is 0 Å². The summed E-state index contributed by atoms with van der Waals surface area (Å²) in [5.41, 5.74) is -1.50. The Morgan fingerprint density at radius 1 is 1.42 bits per heavy atom. The van der Waals surface area contributed by atoms with E-state index in [0.29, 0.717) is 6.07 Å². The Labute approximate surface area is 111 Å². The molecule has 0 bridgehead atoms. The number of carbonyl (C=O) groups is 2. The van der Waals surface area contributed by atoms with Gasteiger partial charge in [0, 0.05) is 7.05 Å². The SMILES string of the molecule is CNC(=O)c1cc(C(F)(F)F)c(Cl)c(C)c1NC=O. The fraction of sp³-hybridized carbons (Fsp3) is 0.273. The number of nitrogens with one attached hydrogen (secondary N) is 2. The number of benzene rings is 1. The minimum absolute atomic E-state index is 0.0257. The van der Waals surface area contributed by atoms with Crippen LogP contribution in [0.15, 0.2) is 6.07 Å². The molecule has 0 aliphatic heterocycles. The summed E-state index contributed by atoms with van der Waals surface area (Å²) >= 11 is 5.63. The maximum Gasteiger partial charge on any atom is 0.417 e. The lowest BCUT2D eigenvalue weighted by atomic mass is 10.0. The molecule has 4 nitrogen and oxygen atoms in total. The number of alkyl halides is 3. The first kappa shape index (κ1) is 15.3. The molecule has 19 heavy (non-hydrogen) atoms. The van der Waals surface area contributed by atoms with E-state index in [1.165, 1.54) is 14.0 Å². The van der Waals surface area contributed by atoms with Crippen LogP contribution >= 0.6 is 11.6 Å². The van der Waals surface area contributed by atoms with Crippen LogP contribution in [0.1, 0.15) is 21.5 Å². The van der Waals surface area contributed by atoms with Crippen molar-refractivity contribution in [3.05, 3.63) is 27.8 Å². The minimum Gasteiger partial charge on any atom is -0.355 e. The Bertz CT molecular complexity index is 530. The van der Waals surface area contributed by atoms with Gasteiger partial charge in [-0.1, -0.05) is 11.6 Å². The number of hydrogen-bond acceptors (Lipinski definition) is 2. The van der Waals surface area contributed by atoms with Crippen LogP contribution < -0.4 is 10.6 Å². The molecule has 0 heterocycles. The van der Waals surface area contributed by atoms with Crippen LogP contribution in [-0.4, -0.2) is 19.4 Å². The maximum atomic E-state index is 12.8. The summed E-state index contributed by atoms with van der Waals surface area (Å²) < 4.78 is 38.4. The van der Waals surface area contributed by atoms with Gasteiger partial charge < -0.3 is 10.6 Å². The zero-order chi connectivity index (χ0) is 14.8. The Kier molecular flexibility index (Phi) is 4.41. The molecule has 2 amide bonds. The van der Waals surface area contributed by atoms with Crippen LogP contribution in [0.3, 0.4) is 0 Å². The second-order valence-corrected chi connectivity index (χ2v) is 4.00. The molecule has 0 saturated heterocycles. The first-order chi connectivity index (χ1) is 8.73. The molecule has 0 atom stereocenters. The highest BCUT2D eigenvalue weighted by atomic mass is 35.5. The first-order valence-corrected chi connectivity index (χ1v) is 5.44. The fourth-order valence-corrected chi connectivity index (χ4v) is 1.81. The van der Waals surface area contributed by atoms with Crippen molar-refractivity contribution in [1.82, 2.24) is 5.32 Å². The quantitative estimate of drug-likeness (QED) is 0.842. The van der Waals surface area contributed by atoms with Crippen molar-refractivity contribution < 1.29 is 22.8 Å². The van der Waals surface area contributed by atoms with Gasteiger partial charge in [0.1, 0.15) is 0 Å². The summed E-state index contributed by atoms with van der Waals surface area (Å²) in [6, 6.07) is 0.611. The fourth-order valence-electron chi connectivity index (χ4n) is 1.56. The van der Waals surface area contributed by atoms with Gasteiger partial charge in [-0.15, -0.1) is 0 Å². The van der Waals surface area contributed by atoms with Gasteiger partial charge in [-0.25, -0.2) is 0 Å². The molecular formula is C11H10ClF3N2O2. The lowest BCUT2D eigenvalue weighted by molar-refractivity contribution is -0.137. The molecule has 0 radical (unpaired) electrons. The summed E-state index contributed by atoms with van der Waals surface area (Å²) in [6.45, 7) is 1.29. The number of hydrogen-bond donors (Lipinski definition) is 2. The third-order valence-electron chi connectivity index (χ3n) is 2.48. The summed E-state index contributed by atoms with van der Waals surface area (Å²) in [6.07, 6.45) is -4.43. The Hall–Kier alpha value is -1.76. The van der Waals surface area contributed by atoms with E-state index >= 15 is 0 Å². The molecule has 1 aromatic rings. The molecule has 0 unspecified atom stereocenters. The van der Waals surface area contributed by atoms with E-state index in [9.17, 15) is 22.8 Å². The number of rotatable bonds is 3. The monoisotopic (exact) mass is 294 g/mol. The number of halogens is 4. The van der Waals surface area contributed by atoms with Gasteiger partial charge in [-0.05, 0) is 18.6 Å². The molecule has 104 valence electrons. The number of carbonyl (C=O) groups excluding carboxylic acids is 2. The summed E-state index contributed by atoms with van der Waals surface area (Å²) in [5, 5.41) is 3.83. The van der Waals surface area contributed by atoms with Crippen molar-refractivity contribution in [3.63, 3.8) is 0 Å². The van der Waals surface area contributed by atoms with Gasteiger partial charge in [0.05, 0.1) is 21.8 Å². The maximum absolute atomic E-state index is 12.8. The molecule has 8 heteroatoms. The molecule has 0 saturated carbocycles. The summed E-state index contributed by atoms with van der Waals surface area (Å²) in [7, 11) is 1.27. The van der Waals surface area contributed by atoms with Crippen LogP contribution in [0.4, 0.5) is 18.9 Å². The normalized spacial score (nSPS) is 11.1. The molecule has 0 aromatic heterocycles. The molecule has 1 aromatic carbocycles. The van der Waals surface area contributed by atoms with Gasteiger partial charge in [0.25, 0.3) is 5.91 Å². The highest BCUT2D eigenvalue weighted by molar-refractivity contribution is 6.33. The first-order valence-electron chi connectivity index (χ1n) is 5.06. The van der Waals surface area contributed by atoms with E-state index in [2.05, 4.69) is 10.6 Å². The Balaban J connectivity index is 3.63. The van der Waals surface area contributed by atoms with Gasteiger partial charge >= 0.3 is 6.18 Å². The van der Waals surface area contributed by atoms with Gasteiger partial charge in [0.15, 0.2) is 0 Å². The topological polar surface area (TPSA) is 58.2 Å². The zero-order valence-corrected chi connectivity index (χ0v) is 10.7. The smallest absolute Gasteiger partial charge is 0.355 e. The second-order valence-electron chi connectivity index (χ2n) is 3.62. The lowest BCUT2D eigenvalue weighted by Crippen LogP contribution is -2.22. The highest BCUT2D eigenvalue weighted by Gasteiger charge is 2.36. The average Bonchev–Trinajstić information content (AvgIpc) is 2.33. The Morgan fingerprint density at radius 3 is 2.42 bits per heavy atom. The molecule has 0 aliphatic carbocycles. The predicted octanol–water partition coefficient (Wildman–Crippen LogP) is 2.60. The van der Waals surface area contributed by atoms with Gasteiger partial charge in [0.2, 0.25) is 6.41 Å². The van der Waals surface area contributed by atoms with Crippen molar-refractivity contribution in [2.24, 2.45) is 0 Å². The van der Waals surface area contributed by atoms with E-state index < -0.39 is 22.7 Å². The van der Waals surface area contributed by atoms with Gasteiger partial charge in [-0.2, -0.15) is 13.2 Å². The molecule has 2 N–H and O–H groups in total.